The van der Waals surface area contributed by atoms with Crippen molar-refractivity contribution in [3.05, 3.63) is 101 Å². The second kappa shape index (κ2) is 15.5. The van der Waals surface area contributed by atoms with Crippen LogP contribution in [0, 0.1) is 6.57 Å². The van der Waals surface area contributed by atoms with Crippen molar-refractivity contribution in [3.8, 4) is 0 Å². The molecule has 0 unspecified atom stereocenters. The Morgan fingerprint density at radius 1 is 1.09 bits per heavy atom. The van der Waals surface area contributed by atoms with E-state index in [1.54, 1.807) is 36.4 Å². The molecule has 1 saturated heterocycles. The largest absolute Gasteiger partial charge is 0.459 e. The van der Waals surface area contributed by atoms with Crippen molar-refractivity contribution in [2.24, 2.45) is 0 Å². The number of carbonyl (C=O) groups excluding carboxylic acids is 5. The molecular weight excluding hydrogens is 592 g/mol. The number of ether oxygens (including phenoxy) is 3. The average Bonchev–Trinajstić information content (AvgIpc) is 3.06. The molecule has 1 aliphatic rings. The third-order valence-corrected chi connectivity index (χ3v) is 7.16. The summed E-state index contributed by atoms with van der Waals surface area (Å²) >= 11 is 0. The number of anilines is 2. The zero-order valence-corrected chi connectivity index (χ0v) is 25.7. The molecule has 12 nitrogen and oxygen atoms in total. The first-order valence-corrected chi connectivity index (χ1v) is 14.6. The number of carbonyl (C=O) groups is 5. The smallest absolute Gasteiger partial charge is 0.325 e. The second-order valence-corrected chi connectivity index (χ2v) is 10.5. The lowest BCUT2D eigenvalue weighted by Gasteiger charge is -2.35. The maximum absolute atomic E-state index is 13.7. The van der Waals surface area contributed by atoms with Crippen LogP contribution in [0.2, 0.25) is 0 Å². The lowest BCUT2D eigenvalue weighted by Crippen LogP contribution is -2.56. The lowest BCUT2D eigenvalue weighted by atomic mass is 10.1. The van der Waals surface area contributed by atoms with Crippen LogP contribution in [0.4, 0.5) is 17.1 Å². The number of aryl methyl sites for hydroxylation is 1. The zero-order chi connectivity index (χ0) is 33.2. The van der Waals surface area contributed by atoms with Crippen molar-refractivity contribution >= 4 is 46.7 Å². The molecule has 2 atom stereocenters. The van der Waals surface area contributed by atoms with Gasteiger partial charge in [0.1, 0.15) is 13.2 Å². The Bertz CT molecular complexity index is 1650. The summed E-state index contributed by atoms with van der Waals surface area (Å²) in [5.74, 6) is -3.26. The fourth-order valence-electron chi connectivity index (χ4n) is 4.86. The molecule has 1 N–H and O–H groups in total. The predicted molar refractivity (Wildman–Crippen MR) is 168 cm³/mol. The van der Waals surface area contributed by atoms with E-state index in [0.29, 0.717) is 23.5 Å². The fourth-order valence-corrected chi connectivity index (χ4v) is 4.86. The molecule has 0 aromatic heterocycles. The summed E-state index contributed by atoms with van der Waals surface area (Å²) in [5, 5.41) is 2.66. The molecule has 12 heteroatoms. The Kier molecular flexibility index (Phi) is 11.2. The summed E-state index contributed by atoms with van der Waals surface area (Å²) in [6.07, 6.45) is -2.52. The van der Waals surface area contributed by atoms with Gasteiger partial charge in [-0.15, -0.1) is 0 Å². The van der Waals surface area contributed by atoms with Gasteiger partial charge in [0.05, 0.1) is 13.2 Å². The van der Waals surface area contributed by atoms with E-state index < -0.39 is 41.9 Å². The van der Waals surface area contributed by atoms with E-state index in [2.05, 4.69) is 10.2 Å². The quantitative estimate of drug-likeness (QED) is 0.250. The Hall–Kier alpha value is -5.54. The molecule has 46 heavy (non-hydrogen) atoms. The highest BCUT2D eigenvalue weighted by atomic mass is 16.6. The fraction of sp³-hybridized carbons (Fsp3) is 0.294. The van der Waals surface area contributed by atoms with E-state index >= 15 is 0 Å². The van der Waals surface area contributed by atoms with E-state index in [0.717, 1.165) is 18.1 Å². The number of esters is 2. The third-order valence-electron chi connectivity index (χ3n) is 7.16. The van der Waals surface area contributed by atoms with Crippen molar-refractivity contribution in [3.63, 3.8) is 0 Å². The normalized spacial score (nSPS) is 14.9. The number of hydrogen-bond acceptors (Lipinski definition) is 8. The van der Waals surface area contributed by atoms with E-state index in [-0.39, 0.29) is 31.9 Å². The van der Waals surface area contributed by atoms with E-state index in [4.69, 9.17) is 20.8 Å². The summed E-state index contributed by atoms with van der Waals surface area (Å²) in [4.78, 5) is 70.6. The topological polar surface area (TPSA) is 136 Å². The molecule has 0 bridgehead atoms. The molecule has 238 valence electrons. The molecule has 1 fully saturated rings. The first-order valence-electron chi connectivity index (χ1n) is 14.6. The van der Waals surface area contributed by atoms with Crippen LogP contribution in [-0.4, -0.2) is 73.5 Å². The number of hydrogen-bond donors (Lipinski definition) is 1. The van der Waals surface area contributed by atoms with Gasteiger partial charge in [0.15, 0.2) is 11.8 Å². The van der Waals surface area contributed by atoms with E-state index in [9.17, 15) is 24.0 Å². The van der Waals surface area contributed by atoms with Gasteiger partial charge in [0.2, 0.25) is 6.10 Å². The van der Waals surface area contributed by atoms with Gasteiger partial charge in [-0.3, -0.25) is 24.0 Å². The van der Waals surface area contributed by atoms with Crippen molar-refractivity contribution in [2.45, 2.75) is 39.1 Å². The average molecular weight is 627 g/mol. The first kappa shape index (κ1) is 33.4. The van der Waals surface area contributed by atoms with Crippen LogP contribution in [0.25, 0.3) is 4.85 Å². The Morgan fingerprint density at radius 2 is 1.85 bits per heavy atom. The van der Waals surface area contributed by atoms with Gasteiger partial charge < -0.3 is 29.3 Å². The van der Waals surface area contributed by atoms with Crippen LogP contribution < -0.4 is 10.2 Å². The molecule has 3 aromatic rings. The lowest BCUT2D eigenvalue weighted by molar-refractivity contribution is -0.167. The van der Waals surface area contributed by atoms with E-state index in [1.807, 2.05) is 37.3 Å². The molecule has 4 rings (SSSR count). The van der Waals surface area contributed by atoms with Crippen LogP contribution in [0.5, 0.6) is 0 Å². The number of rotatable bonds is 11. The number of nitrogens with one attached hydrogen (secondary N) is 1. The first-order chi connectivity index (χ1) is 22.1. The maximum atomic E-state index is 13.7. The Balaban J connectivity index is 1.46. The molecular formula is C34H34N4O8. The van der Waals surface area contributed by atoms with Crippen molar-refractivity contribution in [1.29, 1.82) is 0 Å². The number of benzene rings is 3. The monoisotopic (exact) mass is 626 g/mol. The summed E-state index contributed by atoms with van der Waals surface area (Å²) in [6.45, 7) is 10.2. The van der Waals surface area contributed by atoms with Gasteiger partial charge in [0.25, 0.3) is 17.7 Å². The molecule has 1 heterocycles. The Morgan fingerprint density at radius 3 is 2.54 bits per heavy atom. The van der Waals surface area contributed by atoms with E-state index in [1.165, 1.54) is 22.9 Å². The SMILES string of the molecule is [C-]#[N+]c1ccc(NC(=O)[C@H](OC(C)=O)[C@H]2OCCN(c3cccc(C(=O)N(C)CC(=O)OCc4ccccc4)c3)C2=O)cc1CC. The highest BCUT2D eigenvalue weighted by Gasteiger charge is 2.42. The van der Waals surface area contributed by atoms with Gasteiger partial charge in [-0.1, -0.05) is 49.4 Å². The number of morpholine rings is 1. The minimum absolute atomic E-state index is 0.0203. The van der Waals surface area contributed by atoms with Crippen LogP contribution in [0.3, 0.4) is 0 Å². The van der Waals surface area contributed by atoms with Crippen LogP contribution in [0.15, 0.2) is 72.8 Å². The summed E-state index contributed by atoms with van der Waals surface area (Å²) < 4.78 is 16.2. The van der Waals surface area contributed by atoms with Crippen molar-refractivity contribution < 1.29 is 38.2 Å². The van der Waals surface area contributed by atoms with Crippen LogP contribution in [-0.2, 0) is 46.4 Å². The molecule has 3 aromatic carbocycles. The summed E-state index contributed by atoms with van der Waals surface area (Å²) in [7, 11) is 1.47. The van der Waals surface area contributed by atoms with Crippen molar-refractivity contribution in [2.75, 3.05) is 37.0 Å². The molecule has 0 saturated carbocycles. The van der Waals surface area contributed by atoms with Crippen LogP contribution in [0.1, 0.15) is 35.3 Å². The maximum Gasteiger partial charge on any atom is 0.325 e. The number of nitrogens with zero attached hydrogens (tertiary/aromatic N) is 3. The Labute approximate surface area is 266 Å². The highest BCUT2D eigenvalue weighted by Crippen LogP contribution is 2.26. The second-order valence-electron chi connectivity index (χ2n) is 10.5. The molecule has 1 aliphatic heterocycles. The summed E-state index contributed by atoms with van der Waals surface area (Å²) in [5.41, 5.74) is 2.93. The van der Waals surface area contributed by atoms with Crippen LogP contribution >= 0.6 is 0 Å². The molecule has 3 amide bonds. The van der Waals surface area contributed by atoms with Gasteiger partial charge in [-0.25, -0.2) is 4.85 Å². The van der Waals surface area contributed by atoms with Gasteiger partial charge in [0, 0.05) is 37.5 Å². The van der Waals surface area contributed by atoms with Crippen molar-refractivity contribution in [1.82, 2.24) is 4.90 Å². The predicted octanol–water partition coefficient (Wildman–Crippen LogP) is 3.92. The molecule has 0 radical (unpaired) electrons. The molecule has 0 spiro atoms. The van der Waals surface area contributed by atoms with Gasteiger partial charge >= 0.3 is 11.9 Å². The van der Waals surface area contributed by atoms with Gasteiger partial charge in [-0.05, 0) is 47.9 Å². The minimum atomic E-state index is -1.61. The highest BCUT2D eigenvalue weighted by molar-refractivity contribution is 6.05. The molecule has 0 aliphatic carbocycles. The number of amides is 3. The third kappa shape index (κ3) is 8.34. The zero-order valence-electron chi connectivity index (χ0n) is 25.7. The number of likely N-dealkylation sites (N-methyl/N-ethyl adjacent to an activating group) is 1. The summed E-state index contributed by atoms with van der Waals surface area (Å²) in [6, 6.07) is 20.2. The standard InChI is InChI=1S/C34H34N4O8/c1-5-24-18-26(14-15-28(24)35-3)36-32(41)30(46-22(2)39)31-34(43)38(16-17-44-31)27-13-9-12-25(19-27)33(42)37(4)20-29(40)45-21-23-10-7-6-8-11-23/h6-15,18-19,30-31H,5,16-17,20-21H2,1-2,4H3,(H,36,41)/t30-,31-/m1/s1. The van der Waals surface area contributed by atoms with Gasteiger partial charge in [-0.2, -0.15) is 0 Å². The minimum Gasteiger partial charge on any atom is -0.459 e.